The number of H-pyrrole nitrogens is 1. The first-order valence-corrected chi connectivity index (χ1v) is 7.85. The summed E-state index contributed by atoms with van der Waals surface area (Å²) >= 11 is 0. The van der Waals surface area contributed by atoms with Crippen LogP contribution in [0.1, 0.15) is 48.8 Å². The summed E-state index contributed by atoms with van der Waals surface area (Å²) in [6.45, 7) is 8.06. The summed E-state index contributed by atoms with van der Waals surface area (Å²) in [6, 6.07) is 11.6. The van der Waals surface area contributed by atoms with Gasteiger partial charge in [0.1, 0.15) is 5.56 Å². The highest BCUT2D eigenvalue weighted by molar-refractivity contribution is 5.93. The van der Waals surface area contributed by atoms with Crippen LogP contribution >= 0.6 is 0 Å². The Labute approximate surface area is 137 Å². The number of aromatic nitrogens is 1. The average Bonchev–Trinajstić information content (AvgIpc) is 2.47. The van der Waals surface area contributed by atoms with E-state index in [1.165, 1.54) is 17.8 Å². The lowest BCUT2D eigenvalue weighted by Crippen LogP contribution is -2.39. The number of hydrogen-bond acceptors (Lipinski definition) is 2. The van der Waals surface area contributed by atoms with Gasteiger partial charge in [-0.05, 0) is 31.2 Å². The first-order valence-electron chi connectivity index (χ1n) is 7.85. The second-order valence-electron chi connectivity index (χ2n) is 6.72. The molecule has 23 heavy (non-hydrogen) atoms. The predicted octanol–water partition coefficient (Wildman–Crippen LogP) is 3.17. The molecule has 0 saturated carbocycles. The molecular weight excluding hydrogens is 288 g/mol. The summed E-state index contributed by atoms with van der Waals surface area (Å²) in [5.74, 6) is -0.331. The van der Waals surface area contributed by atoms with E-state index in [0.717, 1.165) is 12.1 Å². The molecule has 122 valence electrons. The van der Waals surface area contributed by atoms with Crippen LogP contribution in [0, 0.1) is 6.92 Å². The van der Waals surface area contributed by atoms with E-state index in [0.29, 0.717) is 0 Å². The number of benzene rings is 1. The number of pyridine rings is 1. The van der Waals surface area contributed by atoms with Crippen molar-refractivity contribution in [3.63, 3.8) is 0 Å². The molecule has 0 radical (unpaired) electrons. The fourth-order valence-electron chi connectivity index (χ4n) is 2.88. The van der Waals surface area contributed by atoms with Gasteiger partial charge in [0.2, 0.25) is 0 Å². The first-order chi connectivity index (χ1) is 10.8. The largest absolute Gasteiger partial charge is 0.364 e. The molecule has 2 N–H and O–H groups in total. The summed E-state index contributed by atoms with van der Waals surface area (Å²) in [4.78, 5) is 27.1. The van der Waals surface area contributed by atoms with Crippen LogP contribution in [0.5, 0.6) is 0 Å². The molecule has 1 unspecified atom stereocenters. The third kappa shape index (κ3) is 4.31. The van der Waals surface area contributed by atoms with Crippen molar-refractivity contribution in [2.45, 2.75) is 45.6 Å². The normalized spacial score (nSPS) is 12.7. The van der Waals surface area contributed by atoms with Crippen LogP contribution in [0.15, 0.2) is 47.4 Å². The lowest BCUT2D eigenvalue weighted by atomic mass is 9.79. The third-order valence-electron chi connectivity index (χ3n) is 4.05. The zero-order valence-corrected chi connectivity index (χ0v) is 14.1. The molecule has 0 bridgehead atoms. The van der Waals surface area contributed by atoms with Gasteiger partial charge in [-0.3, -0.25) is 9.59 Å². The second-order valence-corrected chi connectivity index (χ2v) is 6.72. The number of carbonyl (C=O) groups excluding carboxylic acids is 1. The molecule has 4 heteroatoms. The molecule has 1 aromatic heterocycles. The summed E-state index contributed by atoms with van der Waals surface area (Å²) in [5.41, 5.74) is 1.81. The van der Waals surface area contributed by atoms with Crippen molar-refractivity contribution in [2.24, 2.45) is 0 Å². The molecule has 4 nitrogen and oxygen atoms in total. The zero-order chi connectivity index (χ0) is 17.0. The lowest BCUT2D eigenvalue weighted by Gasteiger charge is -2.29. The molecule has 1 aromatic carbocycles. The van der Waals surface area contributed by atoms with Crippen LogP contribution < -0.4 is 10.7 Å². The molecule has 1 atom stereocenters. The third-order valence-corrected chi connectivity index (χ3v) is 4.05. The quantitative estimate of drug-likeness (QED) is 0.891. The maximum Gasteiger partial charge on any atom is 0.256 e. The minimum absolute atomic E-state index is 0.0431. The lowest BCUT2D eigenvalue weighted by molar-refractivity contribution is 0.0933. The molecule has 1 amide bonds. The number of amides is 1. The smallest absolute Gasteiger partial charge is 0.256 e. The molecule has 0 fully saturated rings. The van der Waals surface area contributed by atoms with Crippen molar-refractivity contribution < 1.29 is 4.79 Å². The molecule has 1 heterocycles. The monoisotopic (exact) mass is 312 g/mol. The van der Waals surface area contributed by atoms with Crippen LogP contribution in [0.3, 0.4) is 0 Å². The Balaban J connectivity index is 2.05. The van der Waals surface area contributed by atoms with E-state index in [9.17, 15) is 9.59 Å². The first kappa shape index (κ1) is 17.0. The number of aryl methyl sites for hydroxylation is 1. The van der Waals surface area contributed by atoms with Crippen molar-refractivity contribution in [2.75, 3.05) is 0 Å². The van der Waals surface area contributed by atoms with Gasteiger partial charge < -0.3 is 10.3 Å². The minimum Gasteiger partial charge on any atom is -0.364 e. The molecule has 0 aliphatic rings. The maximum absolute atomic E-state index is 12.3. The highest BCUT2D eigenvalue weighted by Crippen LogP contribution is 2.28. The van der Waals surface area contributed by atoms with E-state index < -0.39 is 0 Å². The Morgan fingerprint density at radius 1 is 1.26 bits per heavy atom. The van der Waals surface area contributed by atoms with E-state index in [4.69, 9.17) is 0 Å². The molecule has 2 aromatic rings. The van der Waals surface area contributed by atoms with E-state index in [2.05, 4.69) is 36.3 Å². The molecule has 0 aliphatic carbocycles. The van der Waals surface area contributed by atoms with Crippen LogP contribution in [0.4, 0.5) is 0 Å². The van der Waals surface area contributed by atoms with Crippen LogP contribution in [-0.2, 0) is 5.41 Å². The number of carbonyl (C=O) groups is 1. The van der Waals surface area contributed by atoms with Gasteiger partial charge in [0.15, 0.2) is 5.43 Å². The molecule has 0 spiro atoms. The van der Waals surface area contributed by atoms with Gasteiger partial charge in [0, 0.05) is 24.0 Å². The van der Waals surface area contributed by atoms with Gasteiger partial charge >= 0.3 is 0 Å². The standard InChI is InChI=1S/C19H24N2O2/c1-13-10-17(22)16(12-20-13)18(23)21-14(2)11-19(3,4)15-8-6-5-7-9-15/h5-10,12,14H,11H2,1-4H3,(H,20,22)(H,21,23). The van der Waals surface area contributed by atoms with E-state index in [1.807, 2.05) is 25.1 Å². The summed E-state index contributed by atoms with van der Waals surface area (Å²) in [7, 11) is 0. The number of nitrogens with one attached hydrogen (secondary N) is 2. The van der Waals surface area contributed by atoms with Gasteiger partial charge in [-0.15, -0.1) is 0 Å². The second kappa shape index (κ2) is 6.82. The molecule has 2 rings (SSSR count). The SMILES string of the molecule is Cc1cc(=O)c(C(=O)NC(C)CC(C)(C)c2ccccc2)c[nH]1. The van der Waals surface area contributed by atoms with Crippen molar-refractivity contribution in [3.8, 4) is 0 Å². The highest BCUT2D eigenvalue weighted by atomic mass is 16.2. The van der Waals surface area contributed by atoms with Crippen LogP contribution in [0.25, 0.3) is 0 Å². The molecular formula is C19H24N2O2. The average molecular weight is 312 g/mol. The zero-order valence-electron chi connectivity index (χ0n) is 14.1. The topological polar surface area (TPSA) is 62.0 Å². The number of hydrogen-bond donors (Lipinski definition) is 2. The van der Waals surface area contributed by atoms with Gasteiger partial charge in [-0.1, -0.05) is 44.2 Å². The van der Waals surface area contributed by atoms with Crippen molar-refractivity contribution in [1.82, 2.24) is 10.3 Å². The minimum atomic E-state index is -0.331. The van der Waals surface area contributed by atoms with Crippen LogP contribution in [-0.4, -0.2) is 16.9 Å². The summed E-state index contributed by atoms with van der Waals surface area (Å²) < 4.78 is 0. The Bertz CT molecular complexity index is 733. The fourth-order valence-corrected chi connectivity index (χ4v) is 2.88. The van der Waals surface area contributed by atoms with Crippen molar-refractivity contribution in [1.29, 1.82) is 0 Å². The van der Waals surface area contributed by atoms with Gasteiger partial charge in [-0.2, -0.15) is 0 Å². The van der Waals surface area contributed by atoms with Crippen LogP contribution in [0.2, 0.25) is 0 Å². The fraction of sp³-hybridized carbons (Fsp3) is 0.368. The Hall–Kier alpha value is -2.36. The maximum atomic E-state index is 12.3. The highest BCUT2D eigenvalue weighted by Gasteiger charge is 2.24. The predicted molar refractivity (Wildman–Crippen MR) is 92.8 cm³/mol. The van der Waals surface area contributed by atoms with E-state index in [-0.39, 0.29) is 28.4 Å². The van der Waals surface area contributed by atoms with E-state index in [1.54, 1.807) is 6.92 Å². The van der Waals surface area contributed by atoms with E-state index >= 15 is 0 Å². The van der Waals surface area contributed by atoms with Gasteiger partial charge in [0.05, 0.1) is 0 Å². The number of aromatic amines is 1. The van der Waals surface area contributed by atoms with Gasteiger partial charge in [0.25, 0.3) is 5.91 Å². The summed E-state index contributed by atoms with van der Waals surface area (Å²) in [5, 5.41) is 2.92. The summed E-state index contributed by atoms with van der Waals surface area (Å²) in [6.07, 6.45) is 2.26. The van der Waals surface area contributed by atoms with Gasteiger partial charge in [-0.25, -0.2) is 0 Å². The molecule has 0 saturated heterocycles. The molecule has 0 aliphatic heterocycles. The van der Waals surface area contributed by atoms with Crippen molar-refractivity contribution >= 4 is 5.91 Å². The Kier molecular flexibility index (Phi) is 5.04. The Morgan fingerprint density at radius 2 is 1.91 bits per heavy atom. The Morgan fingerprint density at radius 3 is 2.52 bits per heavy atom. The number of rotatable bonds is 5. The van der Waals surface area contributed by atoms with Crippen molar-refractivity contribution in [3.05, 3.63) is 69.6 Å².